The summed E-state index contributed by atoms with van der Waals surface area (Å²) in [6, 6.07) is 16.6. The second kappa shape index (κ2) is 10.2. The van der Waals surface area contributed by atoms with Crippen LogP contribution in [0.2, 0.25) is 0 Å². The number of nitrogens with zero attached hydrogens (tertiary/aromatic N) is 4. The first-order valence-corrected chi connectivity index (χ1v) is 8.52. The van der Waals surface area contributed by atoms with Crippen LogP contribution in [-0.4, -0.2) is 55.6 Å². The van der Waals surface area contributed by atoms with E-state index in [9.17, 15) is 0 Å². The normalized spacial score (nSPS) is 14.8. The molecule has 1 aliphatic heterocycles. The molecule has 1 saturated heterocycles. The standard InChI is InChI=1S/C19H25N5.HI/c1-20-19(22-12-10-17-7-3-2-4-8-17)24-15-13-23(14-16-24)18-9-5-6-11-21-18;/h2-9,11H,10,12-16H2,1H3,(H,20,22);1H. The lowest BCUT2D eigenvalue weighted by atomic mass is 10.1. The number of rotatable bonds is 4. The van der Waals surface area contributed by atoms with Crippen molar-refractivity contribution in [1.82, 2.24) is 15.2 Å². The molecule has 0 radical (unpaired) electrons. The smallest absolute Gasteiger partial charge is 0.193 e. The number of aliphatic imine (C=N–C) groups is 1. The Hall–Kier alpha value is -1.83. The molecule has 1 fully saturated rings. The van der Waals surface area contributed by atoms with Gasteiger partial charge in [-0.25, -0.2) is 4.98 Å². The van der Waals surface area contributed by atoms with Crippen LogP contribution >= 0.6 is 24.0 Å². The zero-order valence-electron chi connectivity index (χ0n) is 14.6. The summed E-state index contributed by atoms with van der Waals surface area (Å²) >= 11 is 0. The summed E-state index contributed by atoms with van der Waals surface area (Å²) in [5.41, 5.74) is 1.35. The van der Waals surface area contributed by atoms with Gasteiger partial charge < -0.3 is 15.1 Å². The lowest BCUT2D eigenvalue weighted by molar-refractivity contribution is 0.372. The molecule has 0 unspecified atom stereocenters. The van der Waals surface area contributed by atoms with E-state index >= 15 is 0 Å². The van der Waals surface area contributed by atoms with Crippen LogP contribution in [0.5, 0.6) is 0 Å². The number of pyridine rings is 1. The van der Waals surface area contributed by atoms with Crippen LogP contribution in [0, 0.1) is 0 Å². The Labute approximate surface area is 167 Å². The Morgan fingerprint density at radius 3 is 2.40 bits per heavy atom. The van der Waals surface area contributed by atoms with E-state index in [0.717, 1.165) is 50.9 Å². The minimum absolute atomic E-state index is 0. The molecule has 0 spiro atoms. The predicted molar refractivity (Wildman–Crippen MR) is 115 cm³/mol. The number of hydrogen-bond donors (Lipinski definition) is 1. The lowest BCUT2D eigenvalue weighted by Gasteiger charge is -2.37. The van der Waals surface area contributed by atoms with E-state index in [1.54, 1.807) is 0 Å². The van der Waals surface area contributed by atoms with Gasteiger partial charge in [-0.15, -0.1) is 24.0 Å². The molecule has 0 atom stereocenters. The minimum atomic E-state index is 0. The van der Waals surface area contributed by atoms with E-state index in [0.29, 0.717) is 0 Å². The molecular weight excluding hydrogens is 425 g/mol. The van der Waals surface area contributed by atoms with Gasteiger partial charge in [-0.1, -0.05) is 36.4 Å². The Bertz CT molecular complexity index is 639. The van der Waals surface area contributed by atoms with Gasteiger partial charge in [-0.05, 0) is 24.1 Å². The highest BCUT2D eigenvalue weighted by molar-refractivity contribution is 14.0. The van der Waals surface area contributed by atoms with Crippen molar-refractivity contribution in [3.05, 3.63) is 60.3 Å². The Kier molecular flexibility index (Phi) is 7.97. The van der Waals surface area contributed by atoms with Gasteiger partial charge in [0.05, 0.1) is 0 Å². The van der Waals surface area contributed by atoms with E-state index in [-0.39, 0.29) is 24.0 Å². The van der Waals surface area contributed by atoms with Crippen molar-refractivity contribution in [1.29, 1.82) is 0 Å². The predicted octanol–water partition coefficient (Wildman–Crippen LogP) is 2.64. The van der Waals surface area contributed by atoms with Crippen molar-refractivity contribution in [3.8, 4) is 0 Å². The highest BCUT2D eigenvalue weighted by atomic mass is 127. The van der Waals surface area contributed by atoms with Gasteiger partial charge >= 0.3 is 0 Å². The van der Waals surface area contributed by atoms with E-state index in [2.05, 4.69) is 61.5 Å². The van der Waals surface area contributed by atoms with Crippen LogP contribution < -0.4 is 10.2 Å². The van der Waals surface area contributed by atoms with E-state index < -0.39 is 0 Å². The number of hydrogen-bond acceptors (Lipinski definition) is 3. The fourth-order valence-corrected chi connectivity index (χ4v) is 2.98. The Morgan fingerprint density at radius 2 is 1.76 bits per heavy atom. The molecule has 25 heavy (non-hydrogen) atoms. The van der Waals surface area contributed by atoms with E-state index in [1.807, 2.05) is 25.4 Å². The summed E-state index contributed by atoms with van der Waals surface area (Å²) in [5, 5.41) is 3.48. The molecular formula is C19H26IN5. The molecule has 2 heterocycles. The molecule has 1 N–H and O–H groups in total. The highest BCUT2D eigenvalue weighted by Crippen LogP contribution is 2.12. The van der Waals surface area contributed by atoms with Crippen LogP contribution in [0.3, 0.4) is 0 Å². The number of anilines is 1. The van der Waals surface area contributed by atoms with Gasteiger partial charge in [-0.2, -0.15) is 0 Å². The molecule has 0 bridgehead atoms. The molecule has 1 aliphatic rings. The molecule has 0 saturated carbocycles. The third-order valence-corrected chi connectivity index (χ3v) is 4.30. The van der Waals surface area contributed by atoms with Crippen LogP contribution in [0.25, 0.3) is 0 Å². The molecule has 1 aromatic carbocycles. The lowest BCUT2D eigenvalue weighted by Crippen LogP contribution is -2.53. The first-order chi connectivity index (χ1) is 11.9. The fraction of sp³-hybridized carbons (Fsp3) is 0.368. The zero-order chi connectivity index (χ0) is 16.6. The summed E-state index contributed by atoms with van der Waals surface area (Å²) in [5.74, 6) is 2.05. The molecule has 2 aromatic rings. The van der Waals surface area contributed by atoms with Gasteiger partial charge in [0.15, 0.2) is 5.96 Å². The van der Waals surface area contributed by atoms with E-state index in [4.69, 9.17) is 0 Å². The first kappa shape index (κ1) is 19.5. The number of nitrogens with one attached hydrogen (secondary N) is 1. The topological polar surface area (TPSA) is 43.8 Å². The summed E-state index contributed by atoms with van der Waals surface area (Å²) in [7, 11) is 1.86. The summed E-state index contributed by atoms with van der Waals surface area (Å²) in [6.45, 7) is 4.76. The van der Waals surface area contributed by atoms with Gasteiger partial charge in [0.2, 0.25) is 0 Å². The maximum absolute atomic E-state index is 4.44. The van der Waals surface area contributed by atoms with Crippen LogP contribution in [0.4, 0.5) is 5.82 Å². The first-order valence-electron chi connectivity index (χ1n) is 8.52. The van der Waals surface area contributed by atoms with Crippen LogP contribution in [0.15, 0.2) is 59.7 Å². The number of guanidine groups is 1. The molecule has 6 heteroatoms. The number of benzene rings is 1. The summed E-state index contributed by atoms with van der Waals surface area (Å²) in [6.07, 6.45) is 2.86. The zero-order valence-corrected chi connectivity index (χ0v) is 17.0. The van der Waals surface area contributed by atoms with Crippen molar-refractivity contribution in [2.45, 2.75) is 6.42 Å². The molecule has 5 nitrogen and oxygen atoms in total. The number of halogens is 1. The third-order valence-electron chi connectivity index (χ3n) is 4.30. The van der Waals surface area contributed by atoms with Gasteiger partial charge in [0.1, 0.15) is 5.82 Å². The average molecular weight is 451 g/mol. The number of piperazine rings is 1. The van der Waals surface area contributed by atoms with Gasteiger partial charge in [-0.3, -0.25) is 4.99 Å². The van der Waals surface area contributed by atoms with Crippen molar-refractivity contribution in [3.63, 3.8) is 0 Å². The SMILES string of the molecule is CN=C(NCCc1ccccc1)N1CCN(c2ccccn2)CC1.I. The Morgan fingerprint density at radius 1 is 1.04 bits per heavy atom. The van der Waals surface area contributed by atoms with Crippen LogP contribution in [-0.2, 0) is 6.42 Å². The van der Waals surface area contributed by atoms with Crippen LogP contribution in [0.1, 0.15) is 5.56 Å². The van der Waals surface area contributed by atoms with Crippen molar-refractivity contribution < 1.29 is 0 Å². The second-order valence-electron chi connectivity index (χ2n) is 5.87. The largest absolute Gasteiger partial charge is 0.356 e. The average Bonchev–Trinajstić information content (AvgIpc) is 2.67. The highest BCUT2D eigenvalue weighted by Gasteiger charge is 2.20. The number of aromatic nitrogens is 1. The quantitative estimate of drug-likeness (QED) is 0.441. The summed E-state index contributed by atoms with van der Waals surface area (Å²) in [4.78, 5) is 13.5. The van der Waals surface area contributed by atoms with Crippen molar-refractivity contribution >= 4 is 35.8 Å². The van der Waals surface area contributed by atoms with Crippen molar-refractivity contribution in [2.24, 2.45) is 4.99 Å². The molecule has 3 rings (SSSR count). The fourth-order valence-electron chi connectivity index (χ4n) is 2.98. The van der Waals surface area contributed by atoms with Gasteiger partial charge in [0.25, 0.3) is 0 Å². The minimum Gasteiger partial charge on any atom is -0.356 e. The van der Waals surface area contributed by atoms with Crippen molar-refractivity contribution in [2.75, 3.05) is 44.7 Å². The molecule has 0 aliphatic carbocycles. The molecule has 134 valence electrons. The van der Waals surface area contributed by atoms with E-state index in [1.165, 1.54) is 5.56 Å². The molecule has 0 amide bonds. The third kappa shape index (κ3) is 5.59. The molecule has 1 aromatic heterocycles. The Balaban J connectivity index is 0.00000225. The summed E-state index contributed by atoms with van der Waals surface area (Å²) < 4.78 is 0. The maximum atomic E-state index is 4.44. The monoisotopic (exact) mass is 451 g/mol. The maximum Gasteiger partial charge on any atom is 0.193 e. The van der Waals surface area contributed by atoms with Gasteiger partial charge in [0, 0.05) is 46.0 Å². The second-order valence-corrected chi connectivity index (χ2v) is 5.87.